The average Bonchev–Trinajstić information content (AvgIpc) is 3.33. The molecule has 0 aliphatic carbocycles. The summed E-state index contributed by atoms with van der Waals surface area (Å²) in [4.78, 5) is 53.4. The normalized spacial score (nSPS) is 29.0. The van der Waals surface area contributed by atoms with E-state index in [0.717, 1.165) is 0 Å². The molecule has 2 aromatic rings. The van der Waals surface area contributed by atoms with Gasteiger partial charge in [0.25, 0.3) is 0 Å². The summed E-state index contributed by atoms with van der Waals surface area (Å²) in [6.07, 6.45) is 0. The molecule has 3 aliphatic rings. The Bertz CT molecular complexity index is 1140. The predicted molar refractivity (Wildman–Crippen MR) is 114 cm³/mol. The van der Waals surface area contributed by atoms with E-state index < -0.39 is 23.3 Å². The number of nitrogens with one attached hydrogen (secondary N) is 2. The van der Waals surface area contributed by atoms with Crippen LogP contribution in [0.4, 0.5) is 11.4 Å². The Morgan fingerprint density at radius 2 is 1.68 bits per heavy atom. The first-order valence-corrected chi connectivity index (χ1v) is 10.4. The van der Waals surface area contributed by atoms with Crippen molar-refractivity contribution in [3.8, 4) is 0 Å². The molecule has 3 heterocycles. The minimum Gasteiger partial charge on any atom is -0.324 e. The minimum atomic E-state index is -1.28. The van der Waals surface area contributed by atoms with E-state index in [4.69, 9.17) is 0 Å². The summed E-state index contributed by atoms with van der Waals surface area (Å²) in [6, 6.07) is 13.4. The van der Waals surface area contributed by atoms with Crippen LogP contribution >= 0.6 is 0 Å². The maximum Gasteiger partial charge on any atom is 0.250 e. The number of nitrogens with zero attached hydrogens (tertiary/aromatic N) is 1. The van der Waals surface area contributed by atoms with Crippen molar-refractivity contribution >= 4 is 34.9 Å². The molecular weight excluding hydrogens is 394 g/mol. The molecule has 1 spiro atoms. The van der Waals surface area contributed by atoms with Crippen LogP contribution in [0.2, 0.25) is 0 Å². The Hall–Kier alpha value is -3.32. The van der Waals surface area contributed by atoms with E-state index in [9.17, 15) is 19.2 Å². The molecule has 2 saturated heterocycles. The zero-order valence-electron chi connectivity index (χ0n) is 17.5. The number of hydrogen-bond acceptors (Lipinski definition) is 5. The van der Waals surface area contributed by atoms with Gasteiger partial charge in [-0.25, -0.2) is 4.90 Å². The summed E-state index contributed by atoms with van der Waals surface area (Å²) in [5, 5.41) is 6.30. The fourth-order valence-corrected chi connectivity index (χ4v) is 5.36. The van der Waals surface area contributed by atoms with Crippen molar-refractivity contribution in [2.75, 3.05) is 10.2 Å². The van der Waals surface area contributed by atoms with Crippen LogP contribution in [0, 0.1) is 17.8 Å². The molecule has 5 rings (SSSR count). The quantitative estimate of drug-likeness (QED) is 0.591. The number of benzene rings is 2. The number of para-hydroxylation sites is 1. The molecule has 3 amide bonds. The number of rotatable bonds is 3. The van der Waals surface area contributed by atoms with Crippen LogP contribution in [0.3, 0.4) is 0 Å². The smallest absolute Gasteiger partial charge is 0.250 e. The van der Waals surface area contributed by atoms with Crippen LogP contribution in [0.1, 0.15) is 36.7 Å². The van der Waals surface area contributed by atoms with Gasteiger partial charge in [-0.3, -0.25) is 24.5 Å². The molecule has 0 bridgehead atoms. The zero-order valence-corrected chi connectivity index (χ0v) is 17.5. The molecule has 158 valence electrons. The highest BCUT2D eigenvalue weighted by atomic mass is 16.2. The molecule has 0 radical (unpaired) electrons. The molecule has 3 unspecified atom stereocenters. The predicted octanol–water partition coefficient (Wildman–Crippen LogP) is 2.47. The lowest BCUT2D eigenvalue weighted by molar-refractivity contribution is -0.130. The SMILES string of the molecule is CC(=O)c1ccc(N2C(=O)C3C(C(C)C)N[C@]4(C(=O)Nc5ccccc54)C3C2=O)cc1. The van der Waals surface area contributed by atoms with Crippen molar-refractivity contribution in [2.24, 2.45) is 17.8 Å². The van der Waals surface area contributed by atoms with Crippen LogP contribution in [0.15, 0.2) is 48.5 Å². The Balaban J connectivity index is 1.64. The fraction of sp³-hybridized carbons (Fsp3) is 0.333. The molecule has 2 fully saturated rings. The Kier molecular flexibility index (Phi) is 4.17. The van der Waals surface area contributed by atoms with Crippen LogP contribution in [-0.4, -0.2) is 29.5 Å². The number of carbonyl (C=O) groups is 4. The molecule has 3 aliphatic heterocycles. The van der Waals surface area contributed by atoms with E-state index in [0.29, 0.717) is 22.5 Å². The molecule has 31 heavy (non-hydrogen) atoms. The maximum atomic E-state index is 13.7. The lowest BCUT2D eigenvalue weighted by Gasteiger charge is -2.30. The van der Waals surface area contributed by atoms with Crippen LogP contribution < -0.4 is 15.5 Å². The summed E-state index contributed by atoms with van der Waals surface area (Å²) in [7, 11) is 0. The van der Waals surface area contributed by atoms with Gasteiger partial charge in [0.2, 0.25) is 17.7 Å². The second-order valence-corrected chi connectivity index (χ2v) is 8.84. The van der Waals surface area contributed by atoms with Crippen molar-refractivity contribution in [1.82, 2.24) is 5.32 Å². The van der Waals surface area contributed by atoms with Gasteiger partial charge >= 0.3 is 0 Å². The van der Waals surface area contributed by atoms with Gasteiger partial charge in [0, 0.05) is 22.9 Å². The van der Waals surface area contributed by atoms with E-state index in [1.165, 1.54) is 11.8 Å². The van der Waals surface area contributed by atoms with Crippen LogP contribution in [0.5, 0.6) is 0 Å². The molecule has 7 heteroatoms. The van der Waals surface area contributed by atoms with E-state index in [1.807, 2.05) is 32.0 Å². The largest absolute Gasteiger partial charge is 0.324 e. The highest BCUT2D eigenvalue weighted by Crippen LogP contribution is 2.54. The van der Waals surface area contributed by atoms with Crippen LogP contribution in [0.25, 0.3) is 0 Å². The highest BCUT2D eigenvalue weighted by molar-refractivity contribution is 6.25. The highest BCUT2D eigenvalue weighted by Gasteiger charge is 2.70. The van der Waals surface area contributed by atoms with Gasteiger partial charge in [-0.05, 0) is 43.2 Å². The standard InChI is InChI=1S/C24H23N3O4/c1-12(2)20-18-19(24(26-20)16-6-4-5-7-17(16)25-23(24)31)22(30)27(21(18)29)15-10-8-14(9-11-15)13(3)28/h4-12,18-20,26H,1-3H3,(H,25,31)/t18?,19?,20?,24-/m0/s1. The summed E-state index contributed by atoms with van der Waals surface area (Å²) < 4.78 is 0. The fourth-order valence-electron chi connectivity index (χ4n) is 5.36. The Labute approximate surface area is 179 Å². The Morgan fingerprint density at radius 1 is 1.00 bits per heavy atom. The summed E-state index contributed by atoms with van der Waals surface area (Å²) in [5.74, 6) is -2.57. The van der Waals surface area contributed by atoms with Gasteiger partial charge in [0.15, 0.2) is 5.78 Å². The van der Waals surface area contributed by atoms with Crippen molar-refractivity contribution < 1.29 is 19.2 Å². The lowest BCUT2D eigenvalue weighted by Crippen LogP contribution is -2.54. The minimum absolute atomic E-state index is 0.0317. The summed E-state index contributed by atoms with van der Waals surface area (Å²) in [6.45, 7) is 5.42. The molecule has 4 atom stereocenters. The zero-order chi connectivity index (χ0) is 22.1. The monoisotopic (exact) mass is 417 g/mol. The third kappa shape index (κ3) is 2.50. The Morgan fingerprint density at radius 3 is 2.32 bits per heavy atom. The molecule has 2 N–H and O–H groups in total. The van der Waals surface area contributed by atoms with E-state index in [1.54, 1.807) is 30.3 Å². The second-order valence-electron chi connectivity index (χ2n) is 8.84. The number of Topliss-reactive ketones (excluding diaryl/α,β-unsaturated/α-hetero) is 1. The van der Waals surface area contributed by atoms with Crippen LogP contribution in [-0.2, 0) is 19.9 Å². The second kappa shape index (κ2) is 6.59. The molecular formula is C24H23N3O4. The maximum absolute atomic E-state index is 13.7. The number of ketones is 1. The van der Waals surface area contributed by atoms with E-state index >= 15 is 0 Å². The topological polar surface area (TPSA) is 95.6 Å². The van der Waals surface area contributed by atoms with Crippen molar-refractivity contribution in [2.45, 2.75) is 32.4 Å². The van der Waals surface area contributed by atoms with Gasteiger partial charge in [-0.2, -0.15) is 0 Å². The molecule has 0 aromatic heterocycles. The average molecular weight is 417 g/mol. The molecule has 2 aromatic carbocycles. The number of hydrogen-bond donors (Lipinski definition) is 2. The molecule has 7 nitrogen and oxygen atoms in total. The number of carbonyl (C=O) groups excluding carboxylic acids is 4. The summed E-state index contributed by atoms with van der Waals surface area (Å²) >= 11 is 0. The van der Waals surface area contributed by atoms with Crippen molar-refractivity contribution in [1.29, 1.82) is 0 Å². The van der Waals surface area contributed by atoms with Gasteiger partial charge in [-0.15, -0.1) is 0 Å². The van der Waals surface area contributed by atoms with Gasteiger partial charge in [-0.1, -0.05) is 32.0 Å². The number of imide groups is 1. The van der Waals surface area contributed by atoms with E-state index in [-0.39, 0.29) is 29.6 Å². The molecule has 0 saturated carbocycles. The van der Waals surface area contributed by atoms with Gasteiger partial charge in [0.1, 0.15) is 5.54 Å². The van der Waals surface area contributed by atoms with Gasteiger partial charge < -0.3 is 5.32 Å². The number of amides is 3. The van der Waals surface area contributed by atoms with Gasteiger partial charge in [0.05, 0.1) is 17.5 Å². The van der Waals surface area contributed by atoms with Crippen molar-refractivity contribution in [3.63, 3.8) is 0 Å². The first kappa shape index (κ1) is 19.6. The summed E-state index contributed by atoms with van der Waals surface area (Å²) in [5.41, 5.74) is 1.00. The first-order chi connectivity index (χ1) is 14.8. The third-order valence-electron chi connectivity index (χ3n) is 6.81. The lowest BCUT2D eigenvalue weighted by atomic mass is 9.76. The number of fused-ring (bicyclic) bond motifs is 4. The number of anilines is 2. The van der Waals surface area contributed by atoms with Crippen molar-refractivity contribution in [3.05, 3.63) is 59.7 Å². The first-order valence-electron chi connectivity index (χ1n) is 10.4. The third-order valence-corrected chi connectivity index (χ3v) is 6.81. The van der Waals surface area contributed by atoms with E-state index in [2.05, 4.69) is 10.6 Å².